The Morgan fingerprint density at radius 1 is 1.36 bits per heavy atom. The number of hydrogen-bond donors (Lipinski definition) is 0. The van der Waals surface area contributed by atoms with Crippen molar-refractivity contribution in [1.82, 2.24) is 0 Å². The molecule has 0 bridgehead atoms. The van der Waals surface area contributed by atoms with E-state index in [1.165, 1.54) is 6.61 Å². The Kier molecular flexibility index (Phi) is 5.93. The summed E-state index contributed by atoms with van der Waals surface area (Å²) in [6.07, 6.45) is -1.94. The van der Waals surface area contributed by atoms with Crippen molar-refractivity contribution in [3.63, 3.8) is 0 Å². The molecule has 1 radical (unpaired) electrons. The van der Waals surface area contributed by atoms with Gasteiger partial charge in [0.2, 0.25) is 0 Å². The molecule has 0 N–H and O–H groups in total. The molecular formula is C7H10F3O. The van der Waals surface area contributed by atoms with Crippen molar-refractivity contribution in [3.05, 3.63) is 18.5 Å². The minimum atomic E-state index is -2.26. The summed E-state index contributed by atoms with van der Waals surface area (Å²) in [5, 5.41) is 0. The van der Waals surface area contributed by atoms with Crippen molar-refractivity contribution in [3.8, 4) is 0 Å². The van der Waals surface area contributed by atoms with Crippen molar-refractivity contribution >= 4 is 0 Å². The van der Waals surface area contributed by atoms with Gasteiger partial charge >= 0.3 is 6.08 Å². The SMILES string of the molecule is CC[CH]OCCC(F)=C(F)F. The second kappa shape index (κ2) is 6.22. The zero-order valence-corrected chi connectivity index (χ0v) is 6.24. The van der Waals surface area contributed by atoms with Crippen LogP contribution in [0.4, 0.5) is 13.2 Å². The molecule has 0 aliphatic carbocycles. The van der Waals surface area contributed by atoms with Crippen LogP contribution in [0.1, 0.15) is 19.8 Å². The zero-order valence-electron chi connectivity index (χ0n) is 6.24. The quantitative estimate of drug-likeness (QED) is 0.572. The number of hydrogen-bond acceptors (Lipinski definition) is 1. The van der Waals surface area contributed by atoms with Gasteiger partial charge in [-0.25, -0.2) is 4.39 Å². The summed E-state index contributed by atoms with van der Waals surface area (Å²) in [4.78, 5) is 0. The molecule has 0 aliphatic rings. The third-order valence-corrected chi connectivity index (χ3v) is 0.929. The maximum Gasteiger partial charge on any atom is 0.301 e. The van der Waals surface area contributed by atoms with Crippen LogP contribution in [0.15, 0.2) is 11.9 Å². The Balaban J connectivity index is 3.32. The lowest BCUT2D eigenvalue weighted by Crippen LogP contribution is -1.91. The van der Waals surface area contributed by atoms with E-state index in [9.17, 15) is 13.2 Å². The summed E-state index contributed by atoms with van der Waals surface area (Å²) in [6, 6.07) is 0. The minimum Gasteiger partial charge on any atom is -0.375 e. The molecule has 0 aromatic carbocycles. The normalized spacial score (nSPS) is 9.82. The van der Waals surface area contributed by atoms with Crippen LogP contribution in [0, 0.1) is 6.61 Å². The standard InChI is InChI=1S/C7H10F3O/c1-2-4-11-5-3-6(8)7(9)10/h4H,2-3,5H2,1H3. The molecular weight excluding hydrogens is 157 g/mol. The Labute approximate surface area is 63.8 Å². The zero-order chi connectivity index (χ0) is 8.69. The van der Waals surface area contributed by atoms with Gasteiger partial charge in [-0.3, -0.25) is 0 Å². The van der Waals surface area contributed by atoms with E-state index >= 15 is 0 Å². The van der Waals surface area contributed by atoms with E-state index in [2.05, 4.69) is 4.74 Å². The predicted molar refractivity (Wildman–Crippen MR) is 35.5 cm³/mol. The summed E-state index contributed by atoms with van der Waals surface area (Å²) in [6.45, 7) is 3.25. The van der Waals surface area contributed by atoms with E-state index in [4.69, 9.17) is 0 Å². The highest BCUT2D eigenvalue weighted by Gasteiger charge is 2.03. The van der Waals surface area contributed by atoms with Gasteiger partial charge in [-0.05, 0) is 6.42 Å². The number of ether oxygens (including phenoxy) is 1. The Morgan fingerprint density at radius 2 is 2.00 bits per heavy atom. The van der Waals surface area contributed by atoms with Gasteiger partial charge in [0.1, 0.15) is 0 Å². The van der Waals surface area contributed by atoms with E-state index in [1.807, 2.05) is 6.92 Å². The molecule has 4 heteroatoms. The molecule has 0 spiro atoms. The maximum atomic E-state index is 12.0. The predicted octanol–water partition coefficient (Wildman–Crippen LogP) is 3.04. The van der Waals surface area contributed by atoms with Crippen LogP contribution in [-0.4, -0.2) is 6.61 Å². The van der Waals surface area contributed by atoms with E-state index in [-0.39, 0.29) is 13.0 Å². The average Bonchev–Trinajstić information content (AvgIpc) is 1.97. The van der Waals surface area contributed by atoms with Gasteiger partial charge in [0.15, 0.2) is 5.83 Å². The number of halogens is 3. The average molecular weight is 167 g/mol. The Bertz CT molecular complexity index is 130. The first-order valence-corrected chi connectivity index (χ1v) is 3.31. The monoisotopic (exact) mass is 167 g/mol. The van der Waals surface area contributed by atoms with Gasteiger partial charge in [0, 0.05) is 6.42 Å². The largest absolute Gasteiger partial charge is 0.375 e. The molecule has 0 aliphatic heterocycles. The molecule has 0 atom stereocenters. The van der Waals surface area contributed by atoms with Crippen molar-refractivity contribution < 1.29 is 17.9 Å². The minimum absolute atomic E-state index is 0.0307. The highest BCUT2D eigenvalue weighted by molar-refractivity contribution is 4.90. The summed E-state index contributed by atoms with van der Waals surface area (Å²) in [7, 11) is 0. The van der Waals surface area contributed by atoms with Crippen LogP contribution in [0.25, 0.3) is 0 Å². The molecule has 0 saturated carbocycles. The molecule has 0 aromatic heterocycles. The lowest BCUT2D eigenvalue weighted by Gasteiger charge is -1.98. The first-order chi connectivity index (χ1) is 5.18. The fourth-order valence-electron chi connectivity index (χ4n) is 0.444. The second-order valence-corrected chi connectivity index (χ2v) is 1.86. The third-order valence-electron chi connectivity index (χ3n) is 0.929. The smallest absolute Gasteiger partial charge is 0.301 e. The van der Waals surface area contributed by atoms with Crippen molar-refractivity contribution in [1.29, 1.82) is 0 Å². The summed E-state index contributed by atoms with van der Waals surface area (Å²) in [5.74, 6) is -1.39. The highest BCUT2D eigenvalue weighted by Crippen LogP contribution is 2.12. The number of rotatable bonds is 5. The van der Waals surface area contributed by atoms with Crippen LogP contribution in [0.5, 0.6) is 0 Å². The lowest BCUT2D eigenvalue weighted by molar-refractivity contribution is 0.189. The summed E-state index contributed by atoms with van der Waals surface area (Å²) in [5.41, 5.74) is 0. The van der Waals surface area contributed by atoms with Crippen LogP contribution in [0.2, 0.25) is 0 Å². The molecule has 65 valence electrons. The van der Waals surface area contributed by atoms with Crippen molar-refractivity contribution in [2.24, 2.45) is 0 Å². The molecule has 11 heavy (non-hydrogen) atoms. The Hall–Kier alpha value is -0.510. The van der Waals surface area contributed by atoms with Crippen molar-refractivity contribution in [2.75, 3.05) is 6.61 Å². The molecule has 0 amide bonds. The maximum absolute atomic E-state index is 12.0. The van der Waals surface area contributed by atoms with E-state index in [0.717, 1.165) is 0 Å². The van der Waals surface area contributed by atoms with Crippen molar-refractivity contribution in [2.45, 2.75) is 19.8 Å². The van der Waals surface area contributed by atoms with E-state index in [1.54, 1.807) is 0 Å². The van der Waals surface area contributed by atoms with Gasteiger partial charge in [0.25, 0.3) is 0 Å². The van der Waals surface area contributed by atoms with Crippen LogP contribution in [0.3, 0.4) is 0 Å². The molecule has 0 saturated heterocycles. The topological polar surface area (TPSA) is 9.23 Å². The molecule has 1 nitrogen and oxygen atoms in total. The van der Waals surface area contributed by atoms with Gasteiger partial charge in [-0.15, -0.1) is 0 Å². The van der Waals surface area contributed by atoms with E-state index in [0.29, 0.717) is 6.42 Å². The van der Waals surface area contributed by atoms with Crippen LogP contribution >= 0.6 is 0 Å². The van der Waals surface area contributed by atoms with Gasteiger partial charge in [-0.2, -0.15) is 8.78 Å². The Morgan fingerprint density at radius 3 is 2.45 bits per heavy atom. The summed E-state index contributed by atoms with van der Waals surface area (Å²) < 4.78 is 39.4. The van der Waals surface area contributed by atoms with Gasteiger partial charge in [0.05, 0.1) is 13.2 Å². The van der Waals surface area contributed by atoms with Crippen LogP contribution < -0.4 is 0 Å². The molecule has 0 aromatic rings. The molecule has 0 heterocycles. The highest BCUT2D eigenvalue weighted by atomic mass is 19.3. The van der Waals surface area contributed by atoms with E-state index < -0.39 is 11.9 Å². The van der Waals surface area contributed by atoms with Crippen LogP contribution in [-0.2, 0) is 4.74 Å². The lowest BCUT2D eigenvalue weighted by atomic mass is 10.4. The molecule has 0 fully saturated rings. The molecule has 0 unspecified atom stereocenters. The van der Waals surface area contributed by atoms with Gasteiger partial charge < -0.3 is 4.74 Å². The van der Waals surface area contributed by atoms with Gasteiger partial charge in [-0.1, -0.05) is 6.92 Å². The fourth-order valence-corrected chi connectivity index (χ4v) is 0.444. The first-order valence-electron chi connectivity index (χ1n) is 3.31. The summed E-state index contributed by atoms with van der Waals surface area (Å²) >= 11 is 0. The fraction of sp³-hybridized carbons (Fsp3) is 0.571. The second-order valence-electron chi connectivity index (χ2n) is 1.86. The first kappa shape index (κ1) is 10.5. The molecule has 0 rings (SSSR count). The third kappa shape index (κ3) is 5.91.